The van der Waals surface area contributed by atoms with E-state index in [1.807, 2.05) is 0 Å². The molecule has 8 nitrogen and oxygen atoms in total. The number of alkyl halides is 3. The first kappa shape index (κ1) is 20.4. The van der Waals surface area contributed by atoms with Gasteiger partial charge in [0.2, 0.25) is 5.91 Å². The average molecular weight is 424 g/mol. The molecule has 0 saturated carbocycles. The molecule has 0 spiro atoms. The number of hydrogen-bond donors (Lipinski definition) is 2. The summed E-state index contributed by atoms with van der Waals surface area (Å²) in [5.74, 6) is -0.734. The lowest BCUT2D eigenvalue weighted by Crippen LogP contribution is -2.69. The van der Waals surface area contributed by atoms with Crippen LogP contribution in [0.5, 0.6) is 0 Å². The van der Waals surface area contributed by atoms with Gasteiger partial charge in [0, 0.05) is 18.7 Å². The van der Waals surface area contributed by atoms with Crippen molar-refractivity contribution in [3.63, 3.8) is 0 Å². The van der Waals surface area contributed by atoms with Gasteiger partial charge in [-0.3, -0.25) is 14.7 Å². The van der Waals surface area contributed by atoms with Gasteiger partial charge in [-0.15, -0.1) is 0 Å². The number of amides is 2. The number of fused-ring (bicyclic) bond motifs is 1. The first-order valence-corrected chi connectivity index (χ1v) is 9.26. The van der Waals surface area contributed by atoms with Gasteiger partial charge in [0.05, 0.1) is 31.1 Å². The van der Waals surface area contributed by atoms with Crippen molar-refractivity contribution in [1.82, 2.24) is 20.4 Å². The quantitative estimate of drug-likeness (QED) is 0.775. The van der Waals surface area contributed by atoms with Gasteiger partial charge in [-0.1, -0.05) is 18.2 Å². The molecule has 1 atom stereocenters. The molecule has 2 fully saturated rings. The minimum Gasteiger partial charge on any atom is -0.377 e. The second-order valence-electron chi connectivity index (χ2n) is 7.21. The maximum absolute atomic E-state index is 13.2. The summed E-state index contributed by atoms with van der Waals surface area (Å²) in [5, 5.41) is 9.05. The second kappa shape index (κ2) is 7.73. The lowest BCUT2D eigenvalue weighted by Gasteiger charge is -2.49. The van der Waals surface area contributed by atoms with Crippen LogP contribution in [0.1, 0.15) is 16.1 Å². The van der Waals surface area contributed by atoms with E-state index in [0.29, 0.717) is 13.2 Å². The number of morpholine rings is 2. The smallest absolute Gasteiger partial charge is 0.377 e. The van der Waals surface area contributed by atoms with E-state index in [2.05, 4.69) is 15.5 Å². The SMILES string of the molecule is O=C(NCC12COCCN1C(=O)COC2)c1cc(-c2ccccc2C(F)(F)F)n[nH]1. The molecule has 1 aromatic carbocycles. The number of aromatic amines is 1. The van der Waals surface area contributed by atoms with E-state index in [1.165, 1.54) is 24.3 Å². The Morgan fingerprint density at radius 3 is 2.83 bits per heavy atom. The first-order valence-electron chi connectivity index (χ1n) is 9.26. The highest BCUT2D eigenvalue weighted by Gasteiger charge is 2.46. The highest BCUT2D eigenvalue weighted by Crippen LogP contribution is 2.36. The molecular formula is C19H19F3N4O4. The standard InChI is InChI=1S/C19H19F3N4O4/c20-19(21,22)13-4-2-1-3-12(13)14-7-15(25-24-14)17(28)23-9-18-10-29-6-5-26(18)16(27)8-30-11-18/h1-4,7H,5-6,8-11H2,(H,23,28)(H,24,25). The van der Waals surface area contributed by atoms with Gasteiger partial charge in [0.25, 0.3) is 5.91 Å². The van der Waals surface area contributed by atoms with Crippen LogP contribution in [-0.2, 0) is 20.4 Å². The number of aromatic nitrogens is 2. The summed E-state index contributed by atoms with van der Waals surface area (Å²) < 4.78 is 50.6. The highest BCUT2D eigenvalue weighted by molar-refractivity contribution is 5.93. The summed E-state index contributed by atoms with van der Waals surface area (Å²) >= 11 is 0. The summed E-state index contributed by atoms with van der Waals surface area (Å²) in [4.78, 5) is 26.4. The number of nitrogens with one attached hydrogen (secondary N) is 2. The third kappa shape index (κ3) is 3.77. The topological polar surface area (TPSA) is 96.6 Å². The average Bonchev–Trinajstić information content (AvgIpc) is 3.22. The predicted molar refractivity (Wildman–Crippen MR) is 97.4 cm³/mol. The monoisotopic (exact) mass is 424 g/mol. The van der Waals surface area contributed by atoms with E-state index < -0.39 is 23.2 Å². The molecule has 11 heteroatoms. The number of nitrogens with zero attached hydrogens (tertiary/aromatic N) is 2. The molecule has 2 aliphatic rings. The van der Waals surface area contributed by atoms with Crippen molar-refractivity contribution in [3.05, 3.63) is 41.6 Å². The zero-order valence-electron chi connectivity index (χ0n) is 15.8. The molecule has 4 rings (SSSR count). The molecule has 0 bridgehead atoms. The second-order valence-corrected chi connectivity index (χ2v) is 7.21. The molecule has 160 valence electrons. The number of benzene rings is 1. The van der Waals surface area contributed by atoms with E-state index in [-0.39, 0.29) is 49.2 Å². The van der Waals surface area contributed by atoms with Gasteiger partial charge in [-0.25, -0.2) is 0 Å². The number of carbonyl (C=O) groups excluding carboxylic acids is 2. The number of ether oxygens (including phenoxy) is 2. The van der Waals surface area contributed by atoms with Crippen LogP contribution in [-0.4, -0.2) is 72.0 Å². The van der Waals surface area contributed by atoms with Gasteiger partial charge >= 0.3 is 6.18 Å². The van der Waals surface area contributed by atoms with Crippen LogP contribution >= 0.6 is 0 Å². The van der Waals surface area contributed by atoms with Gasteiger partial charge in [0.15, 0.2) is 0 Å². The van der Waals surface area contributed by atoms with Crippen molar-refractivity contribution >= 4 is 11.8 Å². The minimum absolute atomic E-state index is 0.00436. The van der Waals surface area contributed by atoms with Crippen LogP contribution in [0.15, 0.2) is 30.3 Å². The van der Waals surface area contributed by atoms with Crippen LogP contribution in [0.4, 0.5) is 13.2 Å². The van der Waals surface area contributed by atoms with E-state index in [9.17, 15) is 22.8 Å². The number of rotatable bonds is 4. The van der Waals surface area contributed by atoms with Crippen molar-refractivity contribution in [2.75, 3.05) is 39.5 Å². The van der Waals surface area contributed by atoms with Crippen molar-refractivity contribution in [2.24, 2.45) is 0 Å². The largest absolute Gasteiger partial charge is 0.417 e. The van der Waals surface area contributed by atoms with Gasteiger partial charge in [-0.2, -0.15) is 18.3 Å². The number of hydrogen-bond acceptors (Lipinski definition) is 5. The number of halogens is 3. The lowest BCUT2D eigenvalue weighted by molar-refractivity contribution is -0.176. The van der Waals surface area contributed by atoms with Gasteiger partial charge in [-0.05, 0) is 12.1 Å². The van der Waals surface area contributed by atoms with Crippen molar-refractivity contribution in [2.45, 2.75) is 11.7 Å². The zero-order valence-corrected chi connectivity index (χ0v) is 15.8. The molecule has 2 saturated heterocycles. The maximum atomic E-state index is 13.2. The molecule has 0 radical (unpaired) electrons. The van der Waals surface area contributed by atoms with Gasteiger partial charge < -0.3 is 19.7 Å². The Kier molecular flexibility index (Phi) is 5.24. The fraction of sp³-hybridized carbons (Fsp3) is 0.421. The summed E-state index contributed by atoms with van der Waals surface area (Å²) in [6.07, 6.45) is -4.55. The molecule has 1 aromatic heterocycles. The molecule has 3 heterocycles. The first-order chi connectivity index (χ1) is 14.3. The molecule has 0 aliphatic carbocycles. The van der Waals surface area contributed by atoms with Crippen molar-refractivity contribution in [3.8, 4) is 11.3 Å². The molecule has 2 aromatic rings. The van der Waals surface area contributed by atoms with Crippen LogP contribution < -0.4 is 5.32 Å². The van der Waals surface area contributed by atoms with Crippen LogP contribution in [0.2, 0.25) is 0 Å². The molecule has 1 unspecified atom stereocenters. The lowest BCUT2D eigenvalue weighted by atomic mass is 9.96. The number of H-pyrrole nitrogens is 1. The Bertz CT molecular complexity index is 957. The molecule has 2 amide bonds. The Hall–Kier alpha value is -2.92. The molecule has 30 heavy (non-hydrogen) atoms. The third-order valence-electron chi connectivity index (χ3n) is 5.21. The normalized spacial score (nSPS) is 22.0. The molecule has 2 aliphatic heterocycles. The van der Waals surface area contributed by atoms with E-state index in [0.717, 1.165) is 6.07 Å². The fourth-order valence-corrected chi connectivity index (χ4v) is 3.72. The van der Waals surface area contributed by atoms with E-state index in [4.69, 9.17) is 9.47 Å². The van der Waals surface area contributed by atoms with Crippen LogP contribution in [0.25, 0.3) is 11.3 Å². The predicted octanol–water partition coefficient (Wildman–Crippen LogP) is 1.45. The van der Waals surface area contributed by atoms with E-state index >= 15 is 0 Å². The molecular weight excluding hydrogens is 405 g/mol. The molecule has 2 N–H and O–H groups in total. The summed E-state index contributed by atoms with van der Waals surface area (Å²) in [6, 6.07) is 6.27. The number of carbonyl (C=O) groups is 2. The van der Waals surface area contributed by atoms with Crippen molar-refractivity contribution in [1.29, 1.82) is 0 Å². The maximum Gasteiger partial charge on any atom is 0.417 e. The van der Waals surface area contributed by atoms with Crippen LogP contribution in [0, 0.1) is 0 Å². The summed E-state index contributed by atoms with van der Waals surface area (Å²) in [6.45, 7) is 1.30. The zero-order chi connectivity index (χ0) is 21.4. The Morgan fingerprint density at radius 1 is 1.27 bits per heavy atom. The van der Waals surface area contributed by atoms with Gasteiger partial charge in [0.1, 0.15) is 17.8 Å². The van der Waals surface area contributed by atoms with Crippen molar-refractivity contribution < 1.29 is 32.2 Å². The fourth-order valence-electron chi connectivity index (χ4n) is 3.72. The highest BCUT2D eigenvalue weighted by atomic mass is 19.4. The summed E-state index contributed by atoms with van der Waals surface area (Å²) in [7, 11) is 0. The van der Waals surface area contributed by atoms with Crippen LogP contribution in [0.3, 0.4) is 0 Å². The Morgan fingerprint density at radius 2 is 2.03 bits per heavy atom. The summed E-state index contributed by atoms with van der Waals surface area (Å²) in [5.41, 5.74) is -1.77. The van der Waals surface area contributed by atoms with E-state index in [1.54, 1.807) is 4.90 Å². The minimum atomic E-state index is -4.55. The Labute approximate surface area is 169 Å². The third-order valence-corrected chi connectivity index (χ3v) is 5.21. The Balaban J connectivity index is 1.50.